The van der Waals surface area contributed by atoms with Gasteiger partial charge in [-0.3, -0.25) is 0 Å². The number of nitrogens with zero attached hydrogens (tertiary/aromatic N) is 3. The lowest BCUT2D eigenvalue weighted by Crippen LogP contribution is -1.95. The summed E-state index contributed by atoms with van der Waals surface area (Å²) in [5.41, 5.74) is 4.20. The molecule has 3 heteroatoms. The van der Waals surface area contributed by atoms with Gasteiger partial charge < -0.3 is 0 Å². The van der Waals surface area contributed by atoms with Gasteiger partial charge in [0.2, 0.25) is 0 Å². The molecule has 0 fully saturated rings. The standard InChI is InChI=1S/C13H11N3/c1-10-6-5-9-12-13(10)14-15-16(12)11-7-3-2-4-8-11/h2-9H,1H3. The van der Waals surface area contributed by atoms with Crippen LogP contribution >= 0.6 is 0 Å². The highest BCUT2D eigenvalue weighted by atomic mass is 15.4. The summed E-state index contributed by atoms with van der Waals surface area (Å²) in [6.45, 7) is 2.05. The molecule has 1 aromatic heterocycles. The third-order valence-corrected chi connectivity index (χ3v) is 2.68. The van der Waals surface area contributed by atoms with Gasteiger partial charge >= 0.3 is 0 Å². The van der Waals surface area contributed by atoms with Gasteiger partial charge in [-0.05, 0) is 30.7 Å². The lowest BCUT2D eigenvalue weighted by Gasteiger charge is -2.01. The van der Waals surface area contributed by atoms with Crippen LogP contribution in [-0.4, -0.2) is 15.0 Å². The number of aryl methyl sites for hydroxylation is 1. The molecule has 0 atom stereocenters. The average molecular weight is 209 g/mol. The van der Waals surface area contributed by atoms with Crippen LogP contribution in [0.1, 0.15) is 5.56 Å². The Morgan fingerprint density at radius 1 is 0.938 bits per heavy atom. The van der Waals surface area contributed by atoms with E-state index in [0.29, 0.717) is 0 Å². The Balaban J connectivity index is 2.30. The first-order chi connectivity index (χ1) is 7.86. The molecule has 16 heavy (non-hydrogen) atoms. The molecule has 3 aromatic rings. The topological polar surface area (TPSA) is 30.7 Å². The summed E-state index contributed by atoms with van der Waals surface area (Å²) < 4.78 is 1.86. The second kappa shape index (κ2) is 3.45. The van der Waals surface area contributed by atoms with E-state index in [2.05, 4.69) is 10.3 Å². The van der Waals surface area contributed by atoms with E-state index >= 15 is 0 Å². The monoisotopic (exact) mass is 209 g/mol. The lowest BCUT2D eigenvalue weighted by atomic mass is 10.2. The van der Waals surface area contributed by atoms with Crippen LogP contribution in [0.25, 0.3) is 16.7 Å². The van der Waals surface area contributed by atoms with Crippen molar-refractivity contribution >= 4 is 11.0 Å². The third-order valence-electron chi connectivity index (χ3n) is 2.68. The zero-order valence-corrected chi connectivity index (χ0v) is 8.96. The van der Waals surface area contributed by atoms with E-state index in [-0.39, 0.29) is 0 Å². The average Bonchev–Trinajstić information content (AvgIpc) is 2.75. The normalized spacial score (nSPS) is 10.8. The number of hydrogen-bond acceptors (Lipinski definition) is 2. The van der Waals surface area contributed by atoms with Gasteiger partial charge in [-0.1, -0.05) is 35.5 Å². The molecule has 1 heterocycles. The highest BCUT2D eigenvalue weighted by Crippen LogP contribution is 2.18. The molecule has 0 N–H and O–H groups in total. The van der Waals surface area contributed by atoms with Crippen molar-refractivity contribution in [1.82, 2.24) is 15.0 Å². The summed E-state index contributed by atoms with van der Waals surface area (Å²) in [5.74, 6) is 0. The summed E-state index contributed by atoms with van der Waals surface area (Å²) in [5, 5.41) is 8.40. The van der Waals surface area contributed by atoms with E-state index in [1.807, 2.05) is 60.1 Å². The van der Waals surface area contributed by atoms with Crippen molar-refractivity contribution in [2.45, 2.75) is 6.92 Å². The van der Waals surface area contributed by atoms with Crippen LogP contribution < -0.4 is 0 Å². The van der Waals surface area contributed by atoms with Gasteiger partial charge in [-0.2, -0.15) is 0 Å². The van der Waals surface area contributed by atoms with Crippen LogP contribution in [-0.2, 0) is 0 Å². The Labute approximate surface area is 93.3 Å². The predicted molar refractivity (Wildman–Crippen MR) is 63.6 cm³/mol. The molecular weight excluding hydrogens is 198 g/mol. The van der Waals surface area contributed by atoms with Crippen molar-refractivity contribution < 1.29 is 0 Å². The first-order valence-electron chi connectivity index (χ1n) is 5.23. The van der Waals surface area contributed by atoms with E-state index < -0.39 is 0 Å². The first-order valence-corrected chi connectivity index (χ1v) is 5.23. The molecule has 0 aliphatic carbocycles. The van der Waals surface area contributed by atoms with Gasteiger partial charge in [0.1, 0.15) is 5.52 Å². The molecule has 2 aromatic carbocycles. The molecule has 0 saturated carbocycles. The number of rotatable bonds is 1. The molecule has 0 radical (unpaired) electrons. The molecule has 0 saturated heterocycles. The zero-order chi connectivity index (χ0) is 11.0. The molecule has 0 spiro atoms. The zero-order valence-electron chi connectivity index (χ0n) is 8.96. The third kappa shape index (κ3) is 1.29. The van der Waals surface area contributed by atoms with Crippen molar-refractivity contribution in [2.24, 2.45) is 0 Å². The number of fused-ring (bicyclic) bond motifs is 1. The number of aromatic nitrogens is 3. The molecule has 0 unspecified atom stereocenters. The predicted octanol–water partition coefficient (Wildman–Crippen LogP) is 2.73. The van der Waals surface area contributed by atoms with Gasteiger partial charge in [-0.15, -0.1) is 5.10 Å². The summed E-state index contributed by atoms with van der Waals surface area (Å²) in [6, 6.07) is 16.2. The fourth-order valence-electron chi connectivity index (χ4n) is 1.84. The van der Waals surface area contributed by atoms with E-state index in [1.54, 1.807) is 0 Å². The molecule has 0 amide bonds. The summed E-state index contributed by atoms with van der Waals surface area (Å²) in [7, 11) is 0. The Morgan fingerprint density at radius 2 is 1.75 bits per heavy atom. The van der Waals surface area contributed by atoms with Crippen molar-refractivity contribution in [3.8, 4) is 5.69 Å². The minimum atomic E-state index is 0.964. The van der Waals surface area contributed by atoms with Crippen LogP contribution in [0.5, 0.6) is 0 Å². The Kier molecular flexibility index (Phi) is 1.96. The SMILES string of the molecule is Cc1cccc2c1nnn2-c1ccccc1. The molecule has 3 nitrogen and oxygen atoms in total. The second-order valence-electron chi connectivity index (χ2n) is 3.78. The molecular formula is C13H11N3. The van der Waals surface area contributed by atoms with Crippen molar-refractivity contribution in [1.29, 1.82) is 0 Å². The highest BCUT2D eigenvalue weighted by Gasteiger charge is 2.06. The van der Waals surface area contributed by atoms with Crippen LogP contribution in [0.15, 0.2) is 48.5 Å². The van der Waals surface area contributed by atoms with Gasteiger partial charge in [0.15, 0.2) is 0 Å². The van der Waals surface area contributed by atoms with Crippen molar-refractivity contribution in [2.75, 3.05) is 0 Å². The fourth-order valence-corrected chi connectivity index (χ4v) is 1.84. The number of benzene rings is 2. The highest BCUT2D eigenvalue weighted by molar-refractivity contribution is 5.79. The fraction of sp³-hybridized carbons (Fsp3) is 0.0769. The Morgan fingerprint density at radius 3 is 2.56 bits per heavy atom. The summed E-state index contributed by atoms with van der Waals surface area (Å²) in [6.07, 6.45) is 0. The lowest BCUT2D eigenvalue weighted by molar-refractivity contribution is 0.824. The molecule has 0 aliphatic heterocycles. The number of para-hydroxylation sites is 1. The van der Waals surface area contributed by atoms with Gasteiger partial charge in [0.25, 0.3) is 0 Å². The number of hydrogen-bond donors (Lipinski definition) is 0. The molecule has 3 rings (SSSR count). The van der Waals surface area contributed by atoms with Gasteiger partial charge in [0.05, 0.1) is 11.2 Å². The smallest absolute Gasteiger partial charge is 0.116 e. The Hall–Kier alpha value is -2.16. The van der Waals surface area contributed by atoms with Gasteiger partial charge in [0, 0.05) is 0 Å². The largest absolute Gasteiger partial charge is 0.213 e. The Bertz CT molecular complexity index is 626. The van der Waals surface area contributed by atoms with E-state index in [0.717, 1.165) is 22.3 Å². The summed E-state index contributed by atoms with van der Waals surface area (Å²) in [4.78, 5) is 0. The maximum atomic E-state index is 4.21. The molecule has 0 aliphatic rings. The van der Waals surface area contributed by atoms with Crippen LogP contribution in [0.2, 0.25) is 0 Å². The maximum absolute atomic E-state index is 4.21. The first kappa shape index (κ1) is 9.09. The van der Waals surface area contributed by atoms with E-state index in [9.17, 15) is 0 Å². The maximum Gasteiger partial charge on any atom is 0.116 e. The second-order valence-corrected chi connectivity index (χ2v) is 3.78. The van der Waals surface area contributed by atoms with Crippen LogP contribution in [0.3, 0.4) is 0 Å². The minimum Gasteiger partial charge on any atom is -0.213 e. The molecule has 78 valence electrons. The van der Waals surface area contributed by atoms with E-state index in [4.69, 9.17) is 0 Å². The van der Waals surface area contributed by atoms with Gasteiger partial charge in [-0.25, -0.2) is 4.68 Å². The quantitative estimate of drug-likeness (QED) is 0.617. The van der Waals surface area contributed by atoms with Crippen molar-refractivity contribution in [3.63, 3.8) is 0 Å². The van der Waals surface area contributed by atoms with Crippen molar-refractivity contribution in [3.05, 3.63) is 54.1 Å². The minimum absolute atomic E-state index is 0.964. The molecule has 0 bridgehead atoms. The van der Waals surface area contributed by atoms with Crippen LogP contribution in [0.4, 0.5) is 0 Å². The van der Waals surface area contributed by atoms with Crippen LogP contribution in [0, 0.1) is 6.92 Å². The van der Waals surface area contributed by atoms with E-state index in [1.165, 1.54) is 0 Å². The summed E-state index contributed by atoms with van der Waals surface area (Å²) >= 11 is 0.